The van der Waals surface area contributed by atoms with Crippen molar-refractivity contribution in [1.29, 1.82) is 0 Å². The Morgan fingerprint density at radius 3 is 2.28 bits per heavy atom. The molecular weight excluding hydrogens is 308 g/mol. The van der Waals surface area contributed by atoms with Crippen molar-refractivity contribution < 1.29 is 4.79 Å². The number of nitrogens with zero attached hydrogens (tertiary/aromatic N) is 1. The summed E-state index contributed by atoms with van der Waals surface area (Å²) in [6.07, 6.45) is 2.49. The molecule has 3 heteroatoms. The Morgan fingerprint density at radius 2 is 1.60 bits per heavy atom. The Balaban J connectivity index is 1.98. The van der Waals surface area contributed by atoms with Gasteiger partial charge in [-0.1, -0.05) is 18.2 Å². The summed E-state index contributed by atoms with van der Waals surface area (Å²) in [6.45, 7) is 12.6. The summed E-state index contributed by atoms with van der Waals surface area (Å²) < 4.78 is 0. The molecule has 132 valence electrons. The minimum Gasteiger partial charge on any atom is -0.371 e. The number of aryl methyl sites for hydroxylation is 3. The van der Waals surface area contributed by atoms with Gasteiger partial charge in [0.15, 0.2) is 0 Å². The van der Waals surface area contributed by atoms with Gasteiger partial charge in [-0.2, -0.15) is 0 Å². The van der Waals surface area contributed by atoms with E-state index in [-0.39, 0.29) is 5.91 Å². The fourth-order valence-corrected chi connectivity index (χ4v) is 3.97. The van der Waals surface area contributed by atoms with E-state index in [1.54, 1.807) is 0 Å². The van der Waals surface area contributed by atoms with Gasteiger partial charge in [0.1, 0.15) is 0 Å². The third-order valence-electron chi connectivity index (χ3n) is 5.44. The number of carbonyl (C=O) groups is 1. The SMILES string of the molecule is Cc1cccc(C(=O)Nc2c(C)cc(C)c(N3CCCC3)c2C)c1C. The highest BCUT2D eigenvalue weighted by atomic mass is 16.1. The number of hydrogen-bond acceptors (Lipinski definition) is 2. The van der Waals surface area contributed by atoms with Crippen molar-refractivity contribution in [3.05, 3.63) is 57.6 Å². The molecule has 0 atom stereocenters. The lowest BCUT2D eigenvalue weighted by Gasteiger charge is -2.26. The van der Waals surface area contributed by atoms with Crippen molar-refractivity contribution in [3.8, 4) is 0 Å². The molecule has 1 amide bonds. The third-order valence-corrected chi connectivity index (χ3v) is 5.44. The molecule has 1 heterocycles. The van der Waals surface area contributed by atoms with Crippen LogP contribution in [0.5, 0.6) is 0 Å². The summed E-state index contributed by atoms with van der Waals surface area (Å²) >= 11 is 0. The zero-order chi connectivity index (χ0) is 18.1. The topological polar surface area (TPSA) is 32.3 Å². The number of nitrogens with one attached hydrogen (secondary N) is 1. The molecule has 0 spiro atoms. The lowest BCUT2D eigenvalue weighted by Crippen LogP contribution is -2.22. The molecule has 3 nitrogen and oxygen atoms in total. The molecule has 0 bridgehead atoms. The number of rotatable bonds is 3. The van der Waals surface area contributed by atoms with E-state index in [9.17, 15) is 4.79 Å². The Kier molecular flexibility index (Phi) is 4.85. The van der Waals surface area contributed by atoms with Crippen molar-refractivity contribution >= 4 is 17.3 Å². The van der Waals surface area contributed by atoms with Gasteiger partial charge >= 0.3 is 0 Å². The zero-order valence-corrected chi connectivity index (χ0v) is 16.0. The summed E-state index contributed by atoms with van der Waals surface area (Å²) in [4.78, 5) is 15.3. The summed E-state index contributed by atoms with van der Waals surface area (Å²) in [5, 5.41) is 3.19. The van der Waals surface area contributed by atoms with Crippen LogP contribution in [0.25, 0.3) is 0 Å². The number of benzene rings is 2. The van der Waals surface area contributed by atoms with Crippen LogP contribution in [0.1, 0.15) is 51.0 Å². The fourth-order valence-electron chi connectivity index (χ4n) is 3.97. The first kappa shape index (κ1) is 17.5. The smallest absolute Gasteiger partial charge is 0.255 e. The van der Waals surface area contributed by atoms with Crippen molar-refractivity contribution in [2.24, 2.45) is 0 Å². The predicted molar refractivity (Wildman–Crippen MR) is 106 cm³/mol. The van der Waals surface area contributed by atoms with Gasteiger partial charge < -0.3 is 10.2 Å². The Hall–Kier alpha value is -2.29. The Bertz CT molecular complexity index is 817. The first-order valence-electron chi connectivity index (χ1n) is 9.13. The van der Waals surface area contributed by atoms with Gasteiger partial charge in [-0.15, -0.1) is 0 Å². The first-order valence-corrected chi connectivity index (χ1v) is 9.13. The van der Waals surface area contributed by atoms with Crippen LogP contribution in [0.15, 0.2) is 24.3 Å². The van der Waals surface area contributed by atoms with Crippen molar-refractivity contribution in [2.45, 2.75) is 47.5 Å². The van der Waals surface area contributed by atoms with Crippen LogP contribution in [-0.4, -0.2) is 19.0 Å². The molecule has 2 aromatic rings. The molecule has 1 aliphatic rings. The molecular formula is C22H28N2O. The van der Waals surface area contributed by atoms with E-state index in [1.807, 2.05) is 32.0 Å². The van der Waals surface area contributed by atoms with Crippen molar-refractivity contribution in [2.75, 3.05) is 23.3 Å². The maximum Gasteiger partial charge on any atom is 0.255 e. The molecule has 1 fully saturated rings. The summed E-state index contributed by atoms with van der Waals surface area (Å²) in [5.41, 5.74) is 8.78. The van der Waals surface area contributed by atoms with Gasteiger partial charge in [-0.05, 0) is 81.3 Å². The van der Waals surface area contributed by atoms with E-state index in [0.717, 1.165) is 41.0 Å². The molecule has 0 saturated carbocycles. The van der Waals surface area contributed by atoms with Gasteiger partial charge in [0.2, 0.25) is 0 Å². The average molecular weight is 336 g/mol. The zero-order valence-electron chi connectivity index (χ0n) is 16.0. The number of carbonyl (C=O) groups excluding carboxylic acids is 1. The molecule has 0 aliphatic carbocycles. The Morgan fingerprint density at radius 1 is 0.920 bits per heavy atom. The highest BCUT2D eigenvalue weighted by Crippen LogP contribution is 2.35. The molecule has 3 rings (SSSR count). The second kappa shape index (κ2) is 6.91. The largest absolute Gasteiger partial charge is 0.371 e. The molecule has 2 aromatic carbocycles. The average Bonchev–Trinajstić information content (AvgIpc) is 3.07. The molecule has 0 unspecified atom stereocenters. The Labute approximate surface area is 151 Å². The van der Waals surface area contributed by atoms with E-state index in [2.05, 4.69) is 37.1 Å². The van der Waals surface area contributed by atoms with E-state index in [4.69, 9.17) is 0 Å². The van der Waals surface area contributed by atoms with Gasteiger partial charge in [0, 0.05) is 30.0 Å². The predicted octanol–water partition coefficient (Wildman–Crippen LogP) is 5.08. The minimum atomic E-state index is -0.0244. The van der Waals surface area contributed by atoms with Crippen LogP contribution < -0.4 is 10.2 Å². The quantitative estimate of drug-likeness (QED) is 0.847. The summed E-state index contributed by atoms with van der Waals surface area (Å²) in [5.74, 6) is -0.0244. The van der Waals surface area contributed by atoms with Crippen LogP contribution >= 0.6 is 0 Å². The van der Waals surface area contributed by atoms with Crippen LogP contribution in [0.2, 0.25) is 0 Å². The number of anilines is 2. The van der Waals surface area contributed by atoms with Crippen LogP contribution in [0.4, 0.5) is 11.4 Å². The molecule has 0 aromatic heterocycles. The van der Waals surface area contributed by atoms with Gasteiger partial charge in [0.25, 0.3) is 5.91 Å². The lowest BCUT2D eigenvalue weighted by molar-refractivity contribution is 0.102. The highest BCUT2D eigenvalue weighted by molar-refractivity contribution is 6.06. The van der Waals surface area contributed by atoms with E-state index in [1.165, 1.54) is 29.7 Å². The molecule has 0 radical (unpaired) electrons. The maximum atomic E-state index is 12.9. The minimum absolute atomic E-state index is 0.0244. The second-order valence-electron chi connectivity index (χ2n) is 7.25. The van der Waals surface area contributed by atoms with E-state index < -0.39 is 0 Å². The van der Waals surface area contributed by atoms with Crippen LogP contribution in [-0.2, 0) is 0 Å². The summed E-state index contributed by atoms with van der Waals surface area (Å²) in [7, 11) is 0. The fraction of sp³-hybridized carbons (Fsp3) is 0.409. The molecule has 1 N–H and O–H groups in total. The molecule has 1 saturated heterocycles. The first-order chi connectivity index (χ1) is 11.9. The maximum absolute atomic E-state index is 12.9. The van der Waals surface area contributed by atoms with Gasteiger partial charge in [-0.25, -0.2) is 0 Å². The van der Waals surface area contributed by atoms with E-state index >= 15 is 0 Å². The van der Waals surface area contributed by atoms with E-state index in [0.29, 0.717) is 0 Å². The lowest BCUT2D eigenvalue weighted by atomic mass is 9.99. The van der Waals surface area contributed by atoms with Gasteiger partial charge in [-0.3, -0.25) is 4.79 Å². The highest BCUT2D eigenvalue weighted by Gasteiger charge is 2.21. The number of hydrogen-bond donors (Lipinski definition) is 1. The second-order valence-corrected chi connectivity index (χ2v) is 7.25. The van der Waals surface area contributed by atoms with Crippen LogP contribution in [0.3, 0.4) is 0 Å². The van der Waals surface area contributed by atoms with Crippen LogP contribution in [0, 0.1) is 34.6 Å². The normalized spacial score (nSPS) is 14.0. The van der Waals surface area contributed by atoms with Crippen molar-refractivity contribution in [3.63, 3.8) is 0 Å². The monoisotopic (exact) mass is 336 g/mol. The molecule has 1 aliphatic heterocycles. The standard InChI is InChI=1S/C22H28N2O/c1-14-9-8-10-19(17(14)4)22(25)23-20-15(2)13-16(3)21(18(20)5)24-11-6-7-12-24/h8-10,13H,6-7,11-12H2,1-5H3,(H,23,25). The van der Waals surface area contributed by atoms with Gasteiger partial charge in [0.05, 0.1) is 0 Å². The number of amides is 1. The van der Waals surface area contributed by atoms with Crippen molar-refractivity contribution in [1.82, 2.24) is 0 Å². The molecule has 25 heavy (non-hydrogen) atoms. The third kappa shape index (κ3) is 3.28. The summed E-state index contributed by atoms with van der Waals surface area (Å²) in [6, 6.07) is 8.08.